The lowest BCUT2D eigenvalue weighted by molar-refractivity contribution is -0.133. The minimum atomic E-state index is -0.391. The molecule has 0 radical (unpaired) electrons. The lowest BCUT2D eigenvalue weighted by Gasteiger charge is -2.23. The van der Waals surface area contributed by atoms with Crippen LogP contribution in [0.3, 0.4) is 0 Å². The van der Waals surface area contributed by atoms with E-state index in [1.807, 2.05) is 11.8 Å². The molecule has 5 nitrogen and oxygen atoms in total. The number of amides is 1. The average molecular weight is 272 g/mol. The van der Waals surface area contributed by atoms with Gasteiger partial charge in [0.25, 0.3) is 0 Å². The first-order chi connectivity index (χ1) is 9.09. The van der Waals surface area contributed by atoms with Gasteiger partial charge in [0.05, 0.1) is 24.9 Å². The summed E-state index contributed by atoms with van der Waals surface area (Å²) in [6.45, 7) is 8.82. The minimum Gasteiger partial charge on any atom is -0.382 e. The second-order valence-electron chi connectivity index (χ2n) is 5.21. The van der Waals surface area contributed by atoms with E-state index < -0.39 is 5.54 Å². The number of nitrogens with zero attached hydrogens (tertiary/aromatic N) is 1. The van der Waals surface area contributed by atoms with Gasteiger partial charge in [-0.3, -0.25) is 10.1 Å². The van der Waals surface area contributed by atoms with Crippen LogP contribution < -0.4 is 5.32 Å². The predicted octanol–water partition coefficient (Wildman–Crippen LogP) is 1.38. The van der Waals surface area contributed by atoms with Gasteiger partial charge in [-0.1, -0.05) is 13.8 Å². The van der Waals surface area contributed by atoms with Crippen LogP contribution in [-0.4, -0.2) is 56.0 Å². The van der Waals surface area contributed by atoms with Crippen molar-refractivity contribution in [3.8, 4) is 0 Å². The summed E-state index contributed by atoms with van der Waals surface area (Å²) in [6.07, 6.45) is 2.79. The molecule has 0 aliphatic carbocycles. The van der Waals surface area contributed by atoms with Crippen LogP contribution in [0, 0.1) is 0 Å². The van der Waals surface area contributed by atoms with Gasteiger partial charge in [-0.15, -0.1) is 0 Å². The van der Waals surface area contributed by atoms with Crippen LogP contribution in [0.2, 0.25) is 0 Å². The quantitative estimate of drug-likeness (QED) is 0.644. The van der Waals surface area contributed by atoms with E-state index >= 15 is 0 Å². The van der Waals surface area contributed by atoms with Crippen LogP contribution >= 0.6 is 0 Å². The fourth-order valence-electron chi connectivity index (χ4n) is 2.38. The van der Waals surface area contributed by atoms with E-state index in [0.29, 0.717) is 19.8 Å². The number of rotatable bonds is 9. The number of hydrogen-bond donors (Lipinski definition) is 1. The number of ether oxygens (including phenoxy) is 2. The maximum Gasteiger partial charge on any atom is 0.243 e. The molecule has 1 heterocycles. The molecule has 0 aromatic rings. The molecule has 1 fully saturated rings. The van der Waals surface area contributed by atoms with Crippen LogP contribution in [0.4, 0.5) is 0 Å². The molecular formula is C14H28N2O3. The third-order valence-corrected chi connectivity index (χ3v) is 3.81. The van der Waals surface area contributed by atoms with Gasteiger partial charge in [-0.05, 0) is 26.2 Å². The van der Waals surface area contributed by atoms with Crippen LogP contribution in [0.5, 0.6) is 0 Å². The second kappa shape index (κ2) is 7.82. The summed E-state index contributed by atoms with van der Waals surface area (Å²) in [5.74, 6) is 0.221. The molecule has 1 amide bonds. The highest BCUT2D eigenvalue weighted by atomic mass is 16.5. The van der Waals surface area contributed by atoms with Gasteiger partial charge >= 0.3 is 0 Å². The van der Waals surface area contributed by atoms with Crippen molar-refractivity contribution in [1.82, 2.24) is 10.2 Å². The Bertz CT molecular complexity index is 286. The molecule has 2 atom stereocenters. The van der Waals surface area contributed by atoms with E-state index in [1.165, 1.54) is 0 Å². The van der Waals surface area contributed by atoms with Gasteiger partial charge in [-0.25, -0.2) is 0 Å². The first-order valence-electron chi connectivity index (χ1n) is 7.24. The van der Waals surface area contributed by atoms with Gasteiger partial charge in [0.1, 0.15) is 0 Å². The Labute approximate surface area is 116 Å². The molecule has 0 aromatic heterocycles. The van der Waals surface area contributed by atoms with E-state index in [2.05, 4.69) is 19.2 Å². The van der Waals surface area contributed by atoms with E-state index in [0.717, 1.165) is 25.8 Å². The lowest BCUT2D eigenvalue weighted by Crippen LogP contribution is -2.43. The van der Waals surface area contributed by atoms with E-state index in [9.17, 15) is 4.79 Å². The topological polar surface area (TPSA) is 50.8 Å². The van der Waals surface area contributed by atoms with Crippen molar-refractivity contribution in [2.75, 3.05) is 33.5 Å². The molecular weight excluding hydrogens is 244 g/mol. The summed E-state index contributed by atoms with van der Waals surface area (Å²) in [6, 6.07) is 0. The first kappa shape index (κ1) is 16.4. The van der Waals surface area contributed by atoms with E-state index in [4.69, 9.17) is 9.47 Å². The molecule has 1 saturated heterocycles. The van der Waals surface area contributed by atoms with Crippen molar-refractivity contribution in [3.63, 3.8) is 0 Å². The van der Waals surface area contributed by atoms with Gasteiger partial charge < -0.3 is 14.4 Å². The van der Waals surface area contributed by atoms with E-state index in [1.54, 1.807) is 7.11 Å². The van der Waals surface area contributed by atoms with Crippen molar-refractivity contribution < 1.29 is 14.3 Å². The van der Waals surface area contributed by atoms with E-state index in [-0.39, 0.29) is 12.1 Å². The molecule has 112 valence electrons. The fraction of sp³-hybridized carbons (Fsp3) is 0.929. The summed E-state index contributed by atoms with van der Waals surface area (Å²) >= 11 is 0. The first-order valence-corrected chi connectivity index (χ1v) is 7.24. The highest BCUT2D eigenvalue weighted by molar-refractivity contribution is 5.88. The number of methoxy groups -OCH3 is 1. The van der Waals surface area contributed by atoms with Crippen LogP contribution in [0.15, 0.2) is 0 Å². The molecule has 0 bridgehead atoms. The Hall–Kier alpha value is -0.650. The Kier molecular flexibility index (Phi) is 6.75. The molecule has 1 aliphatic heterocycles. The molecule has 1 rings (SSSR count). The smallest absolute Gasteiger partial charge is 0.243 e. The Morgan fingerprint density at radius 2 is 2.05 bits per heavy atom. The molecule has 1 N–H and O–H groups in total. The standard InChI is InChI=1S/C14H28N2O3/c1-5-12-15-14(3,6-2)13(17)16(12)8-7-9-19-11-10-18-4/h12,15H,5-11H2,1-4H3. The van der Waals surface area contributed by atoms with Crippen molar-refractivity contribution in [3.05, 3.63) is 0 Å². The number of carbonyl (C=O) groups is 1. The minimum absolute atomic E-state index is 0.163. The third-order valence-electron chi connectivity index (χ3n) is 3.81. The Morgan fingerprint density at radius 1 is 1.32 bits per heavy atom. The second-order valence-corrected chi connectivity index (χ2v) is 5.21. The normalized spacial score (nSPS) is 27.3. The highest BCUT2D eigenvalue weighted by Crippen LogP contribution is 2.24. The molecule has 1 aliphatic rings. The average Bonchev–Trinajstić information content (AvgIpc) is 2.67. The van der Waals surface area contributed by atoms with Crippen molar-refractivity contribution in [2.24, 2.45) is 0 Å². The molecule has 5 heteroatoms. The van der Waals surface area contributed by atoms with Gasteiger partial charge in [0.15, 0.2) is 0 Å². The highest BCUT2D eigenvalue weighted by Gasteiger charge is 2.45. The molecule has 0 aromatic carbocycles. The predicted molar refractivity (Wildman–Crippen MR) is 74.9 cm³/mol. The Morgan fingerprint density at radius 3 is 2.63 bits per heavy atom. The Balaban J connectivity index is 2.37. The SMILES string of the molecule is CCC1NC(C)(CC)C(=O)N1CCCOCCOC. The van der Waals surface area contributed by atoms with Gasteiger partial charge in [0.2, 0.25) is 5.91 Å². The summed E-state index contributed by atoms with van der Waals surface area (Å²) < 4.78 is 10.3. The summed E-state index contributed by atoms with van der Waals surface area (Å²) in [4.78, 5) is 14.4. The molecule has 2 unspecified atom stereocenters. The number of nitrogens with one attached hydrogen (secondary N) is 1. The summed E-state index contributed by atoms with van der Waals surface area (Å²) in [7, 11) is 1.66. The monoisotopic (exact) mass is 272 g/mol. The summed E-state index contributed by atoms with van der Waals surface area (Å²) in [5, 5.41) is 3.44. The van der Waals surface area contributed by atoms with Crippen LogP contribution in [0.25, 0.3) is 0 Å². The zero-order chi connectivity index (χ0) is 14.3. The van der Waals surface area contributed by atoms with Crippen molar-refractivity contribution >= 4 is 5.91 Å². The maximum absolute atomic E-state index is 12.4. The largest absolute Gasteiger partial charge is 0.382 e. The zero-order valence-corrected chi connectivity index (χ0v) is 12.7. The van der Waals surface area contributed by atoms with Crippen molar-refractivity contribution in [2.45, 2.75) is 51.7 Å². The van der Waals surface area contributed by atoms with Crippen LogP contribution in [-0.2, 0) is 14.3 Å². The van der Waals surface area contributed by atoms with Crippen LogP contribution in [0.1, 0.15) is 40.0 Å². The summed E-state index contributed by atoms with van der Waals surface area (Å²) in [5.41, 5.74) is -0.391. The maximum atomic E-state index is 12.4. The van der Waals surface area contributed by atoms with Gasteiger partial charge in [0, 0.05) is 20.3 Å². The molecule has 0 spiro atoms. The number of carbonyl (C=O) groups excluding carboxylic acids is 1. The molecule has 0 saturated carbocycles. The third kappa shape index (κ3) is 4.16. The lowest BCUT2D eigenvalue weighted by atomic mass is 9.99. The zero-order valence-electron chi connectivity index (χ0n) is 12.7. The fourth-order valence-corrected chi connectivity index (χ4v) is 2.38. The molecule has 19 heavy (non-hydrogen) atoms. The van der Waals surface area contributed by atoms with Gasteiger partial charge in [-0.2, -0.15) is 0 Å². The number of hydrogen-bond acceptors (Lipinski definition) is 4. The van der Waals surface area contributed by atoms with Crippen molar-refractivity contribution in [1.29, 1.82) is 0 Å².